The maximum absolute atomic E-state index is 10.7. The van der Waals surface area contributed by atoms with Gasteiger partial charge in [-0.05, 0) is 18.6 Å². The second-order valence-corrected chi connectivity index (χ2v) is 3.15. The van der Waals surface area contributed by atoms with Gasteiger partial charge in [0, 0.05) is 12.0 Å². The number of carboxylic acid groups (broad SMARTS) is 1. The van der Waals surface area contributed by atoms with Crippen molar-refractivity contribution < 1.29 is 19.6 Å². The van der Waals surface area contributed by atoms with Gasteiger partial charge in [0.1, 0.15) is 5.75 Å². The van der Waals surface area contributed by atoms with E-state index in [1.807, 2.05) is 0 Å². The van der Waals surface area contributed by atoms with Crippen molar-refractivity contribution in [2.24, 2.45) is 0 Å². The van der Waals surface area contributed by atoms with Gasteiger partial charge < -0.3 is 9.84 Å². The fourth-order valence-electron chi connectivity index (χ4n) is 1.29. The highest BCUT2D eigenvalue weighted by Gasteiger charge is 2.15. The molecule has 0 aliphatic carbocycles. The third kappa shape index (κ3) is 2.94. The predicted octanol–water partition coefficient (Wildman–Crippen LogP) is 1.62. The van der Waals surface area contributed by atoms with Crippen molar-refractivity contribution in [3.63, 3.8) is 0 Å². The number of aliphatic carboxylic acids is 1. The molecule has 0 heterocycles. The number of benzene rings is 1. The van der Waals surface area contributed by atoms with Crippen LogP contribution in [0.3, 0.4) is 0 Å². The van der Waals surface area contributed by atoms with Crippen molar-refractivity contribution >= 4 is 11.7 Å². The van der Waals surface area contributed by atoms with E-state index in [2.05, 4.69) is 0 Å². The van der Waals surface area contributed by atoms with Crippen molar-refractivity contribution in [3.8, 4) is 5.75 Å². The first kappa shape index (κ1) is 12.0. The van der Waals surface area contributed by atoms with Crippen LogP contribution in [0.2, 0.25) is 0 Å². The fourth-order valence-corrected chi connectivity index (χ4v) is 1.29. The molecule has 1 aromatic carbocycles. The van der Waals surface area contributed by atoms with Gasteiger partial charge in [0.05, 0.1) is 18.1 Å². The first-order valence-electron chi connectivity index (χ1n) is 4.57. The molecule has 0 aliphatic rings. The summed E-state index contributed by atoms with van der Waals surface area (Å²) in [5, 5.41) is 19.2. The maximum Gasteiger partial charge on any atom is 0.303 e. The summed E-state index contributed by atoms with van der Waals surface area (Å²) in [5.74, 6) is -0.601. The lowest BCUT2D eigenvalue weighted by atomic mass is 10.1. The van der Waals surface area contributed by atoms with Gasteiger partial charge in [0.2, 0.25) is 0 Å². The molecule has 6 nitrogen and oxygen atoms in total. The number of nitro groups is 1. The molecule has 0 saturated carbocycles. The molecule has 0 amide bonds. The summed E-state index contributed by atoms with van der Waals surface area (Å²) in [6.45, 7) is 0. The Morgan fingerprint density at radius 1 is 1.56 bits per heavy atom. The Hall–Kier alpha value is -2.11. The average Bonchev–Trinajstić information content (AvgIpc) is 2.25. The molecule has 0 fully saturated rings. The number of nitro benzene ring substituents is 1. The molecule has 1 N–H and O–H groups in total. The van der Waals surface area contributed by atoms with Gasteiger partial charge in [-0.1, -0.05) is 0 Å². The molecule has 0 saturated heterocycles. The van der Waals surface area contributed by atoms with Crippen LogP contribution in [0, 0.1) is 10.1 Å². The van der Waals surface area contributed by atoms with Gasteiger partial charge in [0.15, 0.2) is 0 Å². The first-order chi connectivity index (χ1) is 7.54. The molecule has 16 heavy (non-hydrogen) atoms. The highest BCUT2D eigenvalue weighted by molar-refractivity contribution is 5.67. The van der Waals surface area contributed by atoms with Gasteiger partial charge in [0.25, 0.3) is 5.69 Å². The molecular weight excluding hydrogens is 214 g/mol. The highest BCUT2D eigenvalue weighted by Crippen LogP contribution is 2.25. The van der Waals surface area contributed by atoms with Crippen LogP contribution in [-0.2, 0) is 11.2 Å². The van der Waals surface area contributed by atoms with E-state index < -0.39 is 10.9 Å². The summed E-state index contributed by atoms with van der Waals surface area (Å²) in [6, 6.07) is 4.38. The van der Waals surface area contributed by atoms with Gasteiger partial charge in [-0.3, -0.25) is 14.9 Å². The standard InChI is InChI=1S/C10H11NO5/c1-16-8-4-2-7(3-5-10(12)13)9(6-8)11(14)15/h2,4,6H,3,5H2,1H3,(H,12,13). The van der Waals surface area contributed by atoms with E-state index in [1.165, 1.54) is 19.2 Å². The highest BCUT2D eigenvalue weighted by atomic mass is 16.6. The monoisotopic (exact) mass is 225 g/mol. The van der Waals surface area contributed by atoms with Crippen LogP contribution in [0.25, 0.3) is 0 Å². The molecule has 0 aliphatic heterocycles. The molecule has 86 valence electrons. The molecule has 0 aromatic heterocycles. The second kappa shape index (κ2) is 5.11. The molecule has 0 bridgehead atoms. The Morgan fingerprint density at radius 3 is 2.75 bits per heavy atom. The Kier molecular flexibility index (Phi) is 3.82. The Morgan fingerprint density at radius 2 is 2.25 bits per heavy atom. The molecule has 0 spiro atoms. The van der Waals surface area contributed by atoms with E-state index in [9.17, 15) is 14.9 Å². The quantitative estimate of drug-likeness (QED) is 0.607. The molecule has 1 rings (SSSR count). The van der Waals surface area contributed by atoms with E-state index in [0.717, 1.165) is 0 Å². The van der Waals surface area contributed by atoms with Crippen LogP contribution in [0.1, 0.15) is 12.0 Å². The van der Waals surface area contributed by atoms with Crippen LogP contribution in [-0.4, -0.2) is 23.1 Å². The average molecular weight is 225 g/mol. The van der Waals surface area contributed by atoms with E-state index in [1.54, 1.807) is 6.07 Å². The largest absolute Gasteiger partial charge is 0.497 e. The van der Waals surface area contributed by atoms with Crippen LogP contribution >= 0.6 is 0 Å². The molecule has 0 unspecified atom stereocenters. The van der Waals surface area contributed by atoms with Gasteiger partial charge in [-0.15, -0.1) is 0 Å². The summed E-state index contributed by atoms with van der Waals surface area (Å²) in [6.07, 6.45) is 0.00279. The lowest BCUT2D eigenvalue weighted by Gasteiger charge is -2.04. The normalized spacial score (nSPS) is 9.81. The van der Waals surface area contributed by atoms with E-state index in [-0.39, 0.29) is 18.5 Å². The Bertz CT molecular complexity index is 416. The van der Waals surface area contributed by atoms with Crippen LogP contribution < -0.4 is 4.74 Å². The lowest BCUT2D eigenvalue weighted by Crippen LogP contribution is -2.01. The molecule has 0 atom stereocenters. The third-order valence-electron chi connectivity index (χ3n) is 2.10. The molecule has 6 heteroatoms. The zero-order chi connectivity index (χ0) is 12.1. The summed E-state index contributed by atoms with van der Waals surface area (Å²) in [5.41, 5.74) is 0.286. The number of hydrogen-bond acceptors (Lipinski definition) is 4. The Labute approximate surface area is 91.6 Å². The van der Waals surface area contributed by atoms with Crippen molar-refractivity contribution in [1.29, 1.82) is 0 Å². The summed E-state index contributed by atoms with van der Waals surface area (Å²) < 4.78 is 4.86. The molecule has 0 radical (unpaired) electrons. The number of hydrogen-bond donors (Lipinski definition) is 1. The number of aryl methyl sites for hydroxylation is 1. The van der Waals surface area contributed by atoms with E-state index >= 15 is 0 Å². The van der Waals surface area contributed by atoms with E-state index in [4.69, 9.17) is 9.84 Å². The fraction of sp³-hybridized carbons (Fsp3) is 0.300. The summed E-state index contributed by atoms with van der Waals surface area (Å²) >= 11 is 0. The topological polar surface area (TPSA) is 89.7 Å². The van der Waals surface area contributed by atoms with Gasteiger partial charge >= 0.3 is 5.97 Å². The number of ether oxygens (including phenoxy) is 1. The van der Waals surface area contributed by atoms with Crippen molar-refractivity contribution in [2.45, 2.75) is 12.8 Å². The minimum absolute atomic E-state index is 0.111. The molecule has 1 aromatic rings. The SMILES string of the molecule is COc1ccc(CCC(=O)O)c([N+](=O)[O-])c1. The van der Waals surface area contributed by atoms with Crippen LogP contribution in [0.5, 0.6) is 5.75 Å². The van der Waals surface area contributed by atoms with Crippen LogP contribution in [0.4, 0.5) is 5.69 Å². The zero-order valence-electron chi connectivity index (χ0n) is 8.67. The minimum atomic E-state index is -0.981. The first-order valence-corrected chi connectivity index (χ1v) is 4.57. The third-order valence-corrected chi connectivity index (χ3v) is 2.10. The zero-order valence-corrected chi connectivity index (χ0v) is 8.67. The van der Waals surface area contributed by atoms with Crippen LogP contribution in [0.15, 0.2) is 18.2 Å². The van der Waals surface area contributed by atoms with Crippen molar-refractivity contribution in [2.75, 3.05) is 7.11 Å². The lowest BCUT2D eigenvalue weighted by molar-refractivity contribution is -0.385. The molecular formula is C10H11NO5. The van der Waals surface area contributed by atoms with Crippen molar-refractivity contribution in [1.82, 2.24) is 0 Å². The van der Waals surface area contributed by atoms with Crippen molar-refractivity contribution in [3.05, 3.63) is 33.9 Å². The summed E-state index contributed by atoms with van der Waals surface area (Å²) in [4.78, 5) is 20.6. The number of nitrogens with zero attached hydrogens (tertiary/aromatic N) is 1. The minimum Gasteiger partial charge on any atom is -0.497 e. The Balaban J connectivity index is 2.98. The summed E-state index contributed by atoms with van der Waals surface area (Å²) in [7, 11) is 1.41. The number of methoxy groups -OCH3 is 1. The van der Waals surface area contributed by atoms with Gasteiger partial charge in [-0.2, -0.15) is 0 Å². The number of carbonyl (C=O) groups is 1. The van der Waals surface area contributed by atoms with Gasteiger partial charge in [-0.25, -0.2) is 0 Å². The number of carboxylic acids is 1. The number of rotatable bonds is 5. The second-order valence-electron chi connectivity index (χ2n) is 3.15. The predicted molar refractivity (Wildman–Crippen MR) is 55.6 cm³/mol. The van der Waals surface area contributed by atoms with E-state index in [0.29, 0.717) is 11.3 Å². The smallest absolute Gasteiger partial charge is 0.303 e. The maximum atomic E-state index is 10.7.